The van der Waals surface area contributed by atoms with Gasteiger partial charge in [-0.1, -0.05) is 67.6 Å². The van der Waals surface area contributed by atoms with Crippen molar-refractivity contribution in [2.75, 3.05) is 5.32 Å². The molecule has 1 aliphatic heterocycles. The molecule has 0 fully saturated rings. The summed E-state index contributed by atoms with van der Waals surface area (Å²) < 4.78 is 0. The molecule has 0 aliphatic carbocycles. The van der Waals surface area contributed by atoms with Crippen LogP contribution in [-0.4, -0.2) is 28.7 Å². The predicted octanol–water partition coefficient (Wildman–Crippen LogP) is 4.10. The number of aryl methyl sites for hydroxylation is 1. The number of anilines is 1. The second kappa shape index (κ2) is 8.33. The highest BCUT2D eigenvalue weighted by Gasteiger charge is 2.42. The van der Waals surface area contributed by atoms with E-state index in [2.05, 4.69) is 5.32 Å². The van der Waals surface area contributed by atoms with Crippen molar-refractivity contribution < 1.29 is 14.4 Å². The lowest BCUT2D eigenvalue weighted by Gasteiger charge is -2.26. The number of hydrogen-bond acceptors (Lipinski definition) is 3. The molecule has 4 rings (SSSR count). The molecule has 1 atom stereocenters. The summed E-state index contributed by atoms with van der Waals surface area (Å²) in [5.74, 6) is -1.25. The highest BCUT2D eigenvalue weighted by atomic mass is 16.2. The maximum Gasteiger partial charge on any atom is 0.262 e. The fraction of sp³-hybridized carbons (Fsp3) is 0.160. The zero-order valence-corrected chi connectivity index (χ0v) is 16.7. The van der Waals surface area contributed by atoms with Crippen LogP contribution in [0.2, 0.25) is 0 Å². The third kappa shape index (κ3) is 3.62. The zero-order valence-electron chi connectivity index (χ0n) is 16.7. The topological polar surface area (TPSA) is 66.5 Å². The van der Waals surface area contributed by atoms with Gasteiger partial charge in [0.25, 0.3) is 11.8 Å². The molecule has 0 saturated heterocycles. The van der Waals surface area contributed by atoms with Crippen LogP contribution >= 0.6 is 0 Å². The van der Waals surface area contributed by atoms with Crippen molar-refractivity contribution >= 4 is 23.4 Å². The van der Waals surface area contributed by atoms with Crippen molar-refractivity contribution in [3.05, 3.63) is 101 Å². The van der Waals surface area contributed by atoms with Crippen molar-refractivity contribution in [2.24, 2.45) is 0 Å². The number of benzene rings is 3. The van der Waals surface area contributed by atoms with Gasteiger partial charge >= 0.3 is 0 Å². The first-order valence-electron chi connectivity index (χ1n) is 9.99. The van der Waals surface area contributed by atoms with Gasteiger partial charge in [0.2, 0.25) is 5.91 Å². The van der Waals surface area contributed by atoms with E-state index >= 15 is 0 Å². The van der Waals surface area contributed by atoms with Crippen molar-refractivity contribution in [1.29, 1.82) is 0 Å². The highest BCUT2D eigenvalue weighted by molar-refractivity contribution is 6.23. The van der Waals surface area contributed by atoms with Gasteiger partial charge in [-0.2, -0.15) is 0 Å². The van der Waals surface area contributed by atoms with Gasteiger partial charge in [0.15, 0.2) is 0 Å². The van der Waals surface area contributed by atoms with Crippen molar-refractivity contribution in [1.82, 2.24) is 4.90 Å². The Morgan fingerprint density at radius 3 is 2.03 bits per heavy atom. The molecule has 0 aromatic heterocycles. The Kier molecular flexibility index (Phi) is 5.44. The Hall–Kier alpha value is -3.73. The first-order valence-corrected chi connectivity index (χ1v) is 9.99. The van der Waals surface area contributed by atoms with Gasteiger partial charge in [0, 0.05) is 12.1 Å². The summed E-state index contributed by atoms with van der Waals surface area (Å²) in [4.78, 5) is 40.5. The number of hydrogen-bond donors (Lipinski definition) is 1. The van der Waals surface area contributed by atoms with Gasteiger partial charge in [-0.15, -0.1) is 0 Å². The van der Waals surface area contributed by atoms with E-state index < -0.39 is 17.9 Å². The number of nitrogens with one attached hydrogen (secondary N) is 1. The largest absolute Gasteiger partial charge is 0.324 e. The Morgan fingerprint density at radius 1 is 0.833 bits per heavy atom. The summed E-state index contributed by atoms with van der Waals surface area (Å²) in [7, 11) is 0. The second-order valence-electron chi connectivity index (χ2n) is 7.23. The van der Waals surface area contributed by atoms with Crippen molar-refractivity contribution in [3.63, 3.8) is 0 Å². The number of nitrogens with zero attached hydrogens (tertiary/aromatic N) is 1. The van der Waals surface area contributed by atoms with E-state index in [-0.39, 0.29) is 12.3 Å². The van der Waals surface area contributed by atoms with E-state index in [1.54, 1.807) is 24.3 Å². The van der Waals surface area contributed by atoms with Gasteiger partial charge in [0.05, 0.1) is 11.1 Å². The molecule has 1 N–H and O–H groups in total. The number of amides is 3. The number of imide groups is 1. The van der Waals surface area contributed by atoms with Crippen LogP contribution < -0.4 is 5.32 Å². The van der Waals surface area contributed by atoms with Crippen molar-refractivity contribution in [3.8, 4) is 0 Å². The number of carbonyl (C=O) groups excluding carboxylic acids is 3. The lowest BCUT2D eigenvalue weighted by atomic mass is 10.0. The molecule has 3 aromatic carbocycles. The smallest absolute Gasteiger partial charge is 0.262 e. The summed E-state index contributed by atoms with van der Waals surface area (Å²) in [6, 6.07) is 22.7. The molecular weight excluding hydrogens is 376 g/mol. The van der Waals surface area contributed by atoms with Crippen LogP contribution in [-0.2, 0) is 17.6 Å². The molecule has 150 valence electrons. The Balaban J connectivity index is 1.69. The SMILES string of the molecule is CCc1ccccc1NC(=O)[C@H](Cc1ccccc1)N1C(=O)c2ccccc2C1=O. The van der Waals surface area contributed by atoms with Gasteiger partial charge in [-0.3, -0.25) is 19.3 Å². The van der Waals surface area contributed by atoms with Gasteiger partial charge in [-0.05, 0) is 35.7 Å². The van der Waals surface area contributed by atoms with E-state index in [0.717, 1.165) is 22.4 Å². The van der Waals surface area contributed by atoms with E-state index in [9.17, 15) is 14.4 Å². The van der Waals surface area contributed by atoms with Crippen LogP contribution in [0.5, 0.6) is 0 Å². The first-order chi connectivity index (χ1) is 14.6. The van der Waals surface area contributed by atoms with Gasteiger partial charge in [-0.25, -0.2) is 0 Å². The quantitative estimate of drug-likeness (QED) is 0.636. The Bertz CT molecular complexity index is 1070. The summed E-state index contributed by atoms with van der Waals surface area (Å²) in [6.07, 6.45) is 0.999. The number of carbonyl (C=O) groups is 3. The second-order valence-corrected chi connectivity index (χ2v) is 7.23. The van der Waals surface area contributed by atoms with Crippen LogP contribution in [0.25, 0.3) is 0 Å². The summed E-state index contributed by atoms with van der Waals surface area (Å²) in [5.41, 5.74) is 3.23. The third-order valence-electron chi connectivity index (χ3n) is 5.37. The molecule has 0 unspecified atom stereocenters. The highest BCUT2D eigenvalue weighted by Crippen LogP contribution is 2.27. The summed E-state index contributed by atoms with van der Waals surface area (Å²) >= 11 is 0. The Morgan fingerprint density at radius 2 is 1.40 bits per heavy atom. The standard InChI is InChI=1S/C25H22N2O3/c1-2-18-12-6-9-15-21(18)26-23(28)22(16-17-10-4-3-5-11-17)27-24(29)19-13-7-8-14-20(19)25(27)30/h3-15,22H,2,16H2,1H3,(H,26,28)/t22-/m0/s1. The average molecular weight is 398 g/mol. The third-order valence-corrected chi connectivity index (χ3v) is 5.37. The monoisotopic (exact) mass is 398 g/mol. The van der Waals surface area contributed by atoms with Gasteiger partial charge < -0.3 is 5.32 Å². The zero-order chi connectivity index (χ0) is 21.1. The molecule has 0 bridgehead atoms. The molecule has 0 radical (unpaired) electrons. The molecule has 1 heterocycles. The molecule has 3 aromatic rings. The molecule has 0 spiro atoms. The molecule has 30 heavy (non-hydrogen) atoms. The van der Waals surface area contributed by atoms with Crippen LogP contribution in [0, 0.1) is 0 Å². The van der Waals surface area contributed by atoms with Gasteiger partial charge in [0.1, 0.15) is 6.04 Å². The number of rotatable bonds is 6. The summed E-state index contributed by atoms with van der Waals surface area (Å²) in [5, 5.41) is 2.94. The minimum absolute atomic E-state index is 0.242. The Labute approximate surface area is 175 Å². The first kappa shape index (κ1) is 19.6. The van der Waals surface area contributed by atoms with Crippen LogP contribution in [0.4, 0.5) is 5.69 Å². The minimum Gasteiger partial charge on any atom is -0.324 e. The average Bonchev–Trinajstić information content (AvgIpc) is 3.03. The van der Waals surface area contributed by atoms with E-state index in [1.807, 2.05) is 61.5 Å². The predicted molar refractivity (Wildman–Crippen MR) is 115 cm³/mol. The molecule has 1 aliphatic rings. The fourth-order valence-electron chi connectivity index (χ4n) is 3.80. The lowest BCUT2D eigenvalue weighted by molar-refractivity contribution is -0.119. The maximum atomic E-state index is 13.4. The minimum atomic E-state index is -0.954. The van der Waals surface area contributed by atoms with Crippen LogP contribution in [0.1, 0.15) is 38.8 Å². The normalized spacial score (nSPS) is 13.8. The maximum absolute atomic E-state index is 13.4. The van der Waals surface area contributed by atoms with E-state index in [4.69, 9.17) is 0 Å². The van der Waals surface area contributed by atoms with Crippen LogP contribution in [0.15, 0.2) is 78.9 Å². The molecule has 5 nitrogen and oxygen atoms in total. The van der Waals surface area contributed by atoms with E-state index in [0.29, 0.717) is 16.8 Å². The number of fused-ring (bicyclic) bond motifs is 1. The van der Waals surface area contributed by atoms with Crippen LogP contribution in [0.3, 0.4) is 0 Å². The van der Waals surface area contributed by atoms with Crippen molar-refractivity contribution in [2.45, 2.75) is 25.8 Å². The molecule has 0 saturated carbocycles. The molecular formula is C25H22N2O3. The lowest BCUT2D eigenvalue weighted by Crippen LogP contribution is -2.48. The molecule has 3 amide bonds. The molecule has 5 heteroatoms. The van der Waals surface area contributed by atoms with E-state index in [1.165, 1.54) is 0 Å². The number of para-hydroxylation sites is 1. The summed E-state index contributed by atoms with van der Waals surface area (Å²) in [6.45, 7) is 2.01. The fourth-order valence-corrected chi connectivity index (χ4v) is 3.80.